The van der Waals surface area contributed by atoms with E-state index >= 15 is 0 Å². The van der Waals surface area contributed by atoms with Gasteiger partial charge in [0, 0.05) is 42.2 Å². The molecule has 0 unspecified atom stereocenters. The van der Waals surface area contributed by atoms with Crippen molar-refractivity contribution in [2.45, 2.75) is 19.3 Å². The lowest BCUT2D eigenvalue weighted by atomic mass is 9.99. The van der Waals surface area contributed by atoms with Crippen LogP contribution in [0.15, 0.2) is 67.0 Å². The summed E-state index contributed by atoms with van der Waals surface area (Å²) in [5.74, 6) is -0.429. The van der Waals surface area contributed by atoms with Crippen LogP contribution in [-0.4, -0.2) is 46.5 Å². The van der Waals surface area contributed by atoms with Gasteiger partial charge in [-0.05, 0) is 48.6 Å². The first-order valence-corrected chi connectivity index (χ1v) is 11.5. The lowest BCUT2D eigenvalue weighted by Crippen LogP contribution is -2.20. The second-order valence-electron chi connectivity index (χ2n) is 8.07. The van der Waals surface area contributed by atoms with Crippen LogP contribution in [0.25, 0.3) is 33.3 Å². The number of fused-ring (bicyclic) bond motifs is 1. The zero-order chi connectivity index (χ0) is 24.6. The summed E-state index contributed by atoms with van der Waals surface area (Å²) in [6.45, 7) is 1.12. The molecule has 0 saturated carbocycles. The van der Waals surface area contributed by atoms with Gasteiger partial charge in [0.25, 0.3) is 5.91 Å². The molecule has 4 N–H and O–H groups in total. The predicted molar refractivity (Wildman–Crippen MR) is 136 cm³/mol. The number of unbranched alkanes of at least 4 members (excludes halogenated alkanes) is 2. The minimum absolute atomic E-state index is 0.173. The van der Waals surface area contributed by atoms with Crippen molar-refractivity contribution < 1.29 is 19.8 Å². The largest absolute Gasteiger partial charge is 0.494 e. The quantitative estimate of drug-likeness (QED) is 0.151. The topological polar surface area (TPSA) is 117 Å². The van der Waals surface area contributed by atoms with Crippen LogP contribution >= 0.6 is 0 Å². The lowest BCUT2D eigenvalue weighted by molar-refractivity contribution is 0.0705. The van der Waals surface area contributed by atoms with Crippen LogP contribution in [0.1, 0.15) is 29.6 Å². The molecule has 0 fully saturated rings. The average molecular weight is 473 g/mol. The monoisotopic (exact) mass is 472 g/mol. The molecule has 180 valence electrons. The van der Waals surface area contributed by atoms with Gasteiger partial charge in [-0.1, -0.05) is 36.4 Å². The summed E-state index contributed by atoms with van der Waals surface area (Å²) < 4.78 is 5.56. The van der Waals surface area contributed by atoms with E-state index in [2.05, 4.69) is 34.6 Å². The number of carbonyl (C=O) groups excluding carboxylic acids is 1. The number of aromatic nitrogens is 2. The Kier molecular flexibility index (Phi) is 7.87. The highest BCUT2D eigenvalue weighted by Crippen LogP contribution is 2.36. The highest BCUT2D eigenvalue weighted by molar-refractivity contribution is 6.09. The maximum atomic E-state index is 12.5. The molecule has 1 amide bonds. The summed E-state index contributed by atoms with van der Waals surface area (Å²) in [4.78, 5) is 21.2. The van der Waals surface area contributed by atoms with Gasteiger partial charge in [0.15, 0.2) is 5.75 Å². The Morgan fingerprint density at radius 1 is 0.943 bits per heavy atom. The Hall–Kier alpha value is -4.01. The number of nitrogens with one attached hydrogen (secondary N) is 2. The number of ether oxygens (including phenoxy) is 1. The fourth-order valence-corrected chi connectivity index (χ4v) is 4.01. The number of hydroxylamine groups is 1. The molecule has 2 aromatic heterocycles. The number of aliphatic hydroxyl groups is 1. The van der Waals surface area contributed by atoms with Gasteiger partial charge >= 0.3 is 0 Å². The number of hydrogen-bond acceptors (Lipinski definition) is 7. The van der Waals surface area contributed by atoms with Crippen molar-refractivity contribution in [3.8, 4) is 28.1 Å². The maximum absolute atomic E-state index is 12.5. The molecule has 2 aromatic carbocycles. The van der Waals surface area contributed by atoms with E-state index in [9.17, 15) is 10.0 Å². The van der Waals surface area contributed by atoms with Crippen LogP contribution in [0.5, 0.6) is 5.75 Å². The molecule has 0 bridgehead atoms. The molecule has 8 heteroatoms. The van der Waals surface area contributed by atoms with Crippen LogP contribution < -0.4 is 15.5 Å². The van der Waals surface area contributed by atoms with Gasteiger partial charge < -0.3 is 15.2 Å². The number of nitrogens with zero attached hydrogens (tertiary/aromatic N) is 2. The number of hydrogen-bond donors (Lipinski definition) is 4. The van der Waals surface area contributed by atoms with Crippen molar-refractivity contribution in [2.75, 3.05) is 25.6 Å². The third-order valence-electron chi connectivity index (χ3n) is 5.82. The fourth-order valence-electron chi connectivity index (χ4n) is 4.01. The summed E-state index contributed by atoms with van der Waals surface area (Å²) in [6, 6.07) is 17.8. The Bertz CT molecular complexity index is 1290. The minimum Gasteiger partial charge on any atom is -0.494 e. The molecule has 8 nitrogen and oxygen atoms in total. The van der Waals surface area contributed by atoms with Gasteiger partial charge in [-0.3, -0.25) is 15.0 Å². The molecule has 2 heterocycles. The van der Waals surface area contributed by atoms with Crippen molar-refractivity contribution in [3.63, 3.8) is 0 Å². The summed E-state index contributed by atoms with van der Waals surface area (Å²) >= 11 is 0. The van der Waals surface area contributed by atoms with E-state index < -0.39 is 5.91 Å². The number of aliphatic hydroxyl groups excluding tert-OH is 1. The molecule has 0 spiro atoms. The summed E-state index contributed by atoms with van der Waals surface area (Å²) in [7, 11) is 1.47. The number of methoxy groups -OCH3 is 1. The molecule has 0 aliphatic carbocycles. The van der Waals surface area contributed by atoms with E-state index in [0.29, 0.717) is 16.6 Å². The van der Waals surface area contributed by atoms with E-state index in [1.165, 1.54) is 13.3 Å². The molecular formula is C27H28N4O4. The normalized spacial score (nSPS) is 10.8. The average Bonchev–Trinajstić information content (AvgIpc) is 2.92. The molecule has 0 aliphatic heterocycles. The highest BCUT2D eigenvalue weighted by atomic mass is 16.5. The van der Waals surface area contributed by atoms with Gasteiger partial charge in [0.05, 0.1) is 18.2 Å². The second kappa shape index (κ2) is 11.4. The standard InChI is InChI=1S/C27H28N4O4/c1-35-26-24(27(33)31-34)22-17-28-15-13-23(22)30-25(26)20-7-5-18(6-8-20)19-9-11-21(12-10-19)29-14-3-2-4-16-32/h5-13,15,17,29,32,34H,2-4,14,16H2,1H3,(H,31,33). The number of benzene rings is 2. The number of rotatable bonds is 10. The first-order chi connectivity index (χ1) is 17.2. The van der Waals surface area contributed by atoms with Crippen LogP contribution in [0.3, 0.4) is 0 Å². The van der Waals surface area contributed by atoms with E-state index in [4.69, 9.17) is 14.8 Å². The molecule has 4 aromatic rings. The van der Waals surface area contributed by atoms with Crippen LogP contribution in [0.2, 0.25) is 0 Å². The number of pyridine rings is 2. The molecule has 0 saturated heterocycles. The van der Waals surface area contributed by atoms with Gasteiger partial charge in [-0.15, -0.1) is 0 Å². The highest BCUT2D eigenvalue weighted by Gasteiger charge is 2.22. The third kappa shape index (κ3) is 5.40. The van der Waals surface area contributed by atoms with Crippen LogP contribution in [-0.2, 0) is 0 Å². The van der Waals surface area contributed by atoms with Crippen LogP contribution in [0, 0.1) is 0 Å². The predicted octanol–water partition coefficient (Wildman–Crippen LogP) is 4.67. The second-order valence-corrected chi connectivity index (χ2v) is 8.07. The molecular weight excluding hydrogens is 444 g/mol. The summed E-state index contributed by atoms with van der Waals surface area (Å²) in [5, 5.41) is 22.0. The van der Waals surface area contributed by atoms with Crippen LogP contribution in [0.4, 0.5) is 5.69 Å². The SMILES string of the molecule is COc1c(-c2ccc(-c3ccc(NCCCCCO)cc3)cc2)nc2ccncc2c1C(=O)NO. The number of amides is 1. The van der Waals surface area contributed by atoms with Gasteiger partial charge in [-0.25, -0.2) is 10.5 Å². The van der Waals surface area contributed by atoms with E-state index in [1.54, 1.807) is 17.7 Å². The first-order valence-electron chi connectivity index (χ1n) is 11.5. The number of carbonyl (C=O) groups is 1. The first kappa shape index (κ1) is 24.1. The Morgan fingerprint density at radius 2 is 1.63 bits per heavy atom. The number of anilines is 1. The smallest absolute Gasteiger partial charge is 0.279 e. The molecule has 0 radical (unpaired) electrons. The van der Waals surface area contributed by atoms with Gasteiger partial charge in [0.2, 0.25) is 0 Å². The molecule has 0 atom stereocenters. The minimum atomic E-state index is -0.692. The molecule has 35 heavy (non-hydrogen) atoms. The van der Waals surface area contributed by atoms with E-state index in [0.717, 1.165) is 48.2 Å². The van der Waals surface area contributed by atoms with Crippen molar-refractivity contribution >= 4 is 22.5 Å². The summed E-state index contributed by atoms with van der Waals surface area (Å²) in [5.41, 5.74) is 6.88. The maximum Gasteiger partial charge on any atom is 0.279 e. The van der Waals surface area contributed by atoms with E-state index in [-0.39, 0.29) is 17.9 Å². The third-order valence-corrected chi connectivity index (χ3v) is 5.82. The van der Waals surface area contributed by atoms with Crippen molar-refractivity contribution in [1.29, 1.82) is 0 Å². The van der Waals surface area contributed by atoms with E-state index in [1.807, 2.05) is 24.3 Å². The zero-order valence-corrected chi connectivity index (χ0v) is 19.5. The van der Waals surface area contributed by atoms with Gasteiger partial charge in [0.1, 0.15) is 5.69 Å². The van der Waals surface area contributed by atoms with Crippen molar-refractivity contribution in [1.82, 2.24) is 15.4 Å². The Labute approximate surface area is 203 Å². The van der Waals surface area contributed by atoms with Gasteiger partial charge in [-0.2, -0.15) is 0 Å². The van der Waals surface area contributed by atoms with Crippen molar-refractivity contribution in [2.24, 2.45) is 0 Å². The van der Waals surface area contributed by atoms with Crippen molar-refractivity contribution in [3.05, 3.63) is 72.6 Å². The molecule has 0 aliphatic rings. The Balaban J connectivity index is 1.59. The lowest BCUT2D eigenvalue weighted by Gasteiger charge is -2.15. The molecule has 4 rings (SSSR count). The fraction of sp³-hybridized carbons (Fsp3) is 0.222. The Morgan fingerprint density at radius 3 is 2.29 bits per heavy atom. The summed E-state index contributed by atoms with van der Waals surface area (Å²) in [6.07, 6.45) is 5.99. The zero-order valence-electron chi connectivity index (χ0n) is 19.5.